The first-order chi connectivity index (χ1) is 21.1. The van der Waals surface area contributed by atoms with Gasteiger partial charge in [-0.25, -0.2) is 9.59 Å². The Hall–Kier alpha value is -5.90. The van der Waals surface area contributed by atoms with Crippen LogP contribution in [0.15, 0.2) is 72.8 Å². The highest BCUT2D eigenvalue weighted by Crippen LogP contribution is 2.28. The van der Waals surface area contributed by atoms with Gasteiger partial charge in [-0.1, -0.05) is 0 Å². The normalized spacial score (nSPS) is 9.91. The topological polar surface area (TPSA) is 139 Å². The highest BCUT2D eigenvalue weighted by Gasteiger charge is 2.16. The fourth-order valence-electron chi connectivity index (χ4n) is 4.06. The molecule has 4 aromatic rings. The van der Waals surface area contributed by atoms with Gasteiger partial charge in [-0.3, -0.25) is 19.2 Å². The summed E-state index contributed by atoms with van der Waals surface area (Å²) in [6.45, 7) is 6.99. The van der Waals surface area contributed by atoms with Crippen molar-refractivity contribution in [2.75, 3.05) is 0 Å². The molecule has 0 aliphatic carbocycles. The smallest absolute Gasteiger partial charge is 0.395 e. The molecule has 0 fully saturated rings. The molecule has 0 spiro atoms. The standard InChI is InChI=1S/C19H18O5.C15H10O5/c1-11-5-15(9-20)6-12(2)17(11)23-19(22)24-18-13(3)7-16(10-21)8-14(18)4;16-9-11-1-5-13(6-2-11)19-15(18)20-14-7-3-12(10-17)4-8-14/h5-10H,1-4H3;1-10H. The number of carbonyl (C=O) groups is 6. The monoisotopic (exact) mass is 596 g/mol. The van der Waals surface area contributed by atoms with Gasteiger partial charge in [-0.2, -0.15) is 0 Å². The van der Waals surface area contributed by atoms with Crippen LogP contribution >= 0.6 is 0 Å². The maximum atomic E-state index is 12.1. The van der Waals surface area contributed by atoms with Gasteiger partial charge >= 0.3 is 12.3 Å². The average Bonchev–Trinajstić information content (AvgIpc) is 3.01. The molecule has 4 aromatic carbocycles. The number of aryl methyl sites for hydroxylation is 4. The third kappa shape index (κ3) is 9.05. The average molecular weight is 597 g/mol. The molecule has 0 saturated heterocycles. The van der Waals surface area contributed by atoms with Crippen molar-refractivity contribution >= 4 is 37.5 Å². The van der Waals surface area contributed by atoms with Gasteiger partial charge in [0, 0.05) is 22.3 Å². The molecular weight excluding hydrogens is 568 g/mol. The molecule has 0 atom stereocenters. The van der Waals surface area contributed by atoms with Crippen LogP contribution in [-0.2, 0) is 0 Å². The summed E-state index contributed by atoms with van der Waals surface area (Å²) in [4.78, 5) is 66.3. The predicted molar refractivity (Wildman–Crippen MR) is 160 cm³/mol. The Morgan fingerprint density at radius 1 is 0.432 bits per heavy atom. The Morgan fingerprint density at radius 3 is 0.977 bits per heavy atom. The van der Waals surface area contributed by atoms with Gasteiger partial charge in [0.15, 0.2) is 0 Å². The van der Waals surface area contributed by atoms with E-state index in [1.165, 1.54) is 48.5 Å². The van der Waals surface area contributed by atoms with Crippen LogP contribution in [0.4, 0.5) is 9.59 Å². The zero-order valence-corrected chi connectivity index (χ0v) is 24.3. The molecule has 0 N–H and O–H groups in total. The first-order valence-electron chi connectivity index (χ1n) is 13.1. The van der Waals surface area contributed by atoms with Crippen molar-refractivity contribution in [3.8, 4) is 23.0 Å². The van der Waals surface area contributed by atoms with E-state index in [2.05, 4.69) is 0 Å². The second-order valence-corrected chi connectivity index (χ2v) is 9.49. The second kappa shape index (κ2) is 15.4. The summed E-state index contributed by atoms with van der Waals surface area (Å²) in [5, 5.41) is 0. The lowest BCUT2D eigenvalue weighted by molar-refractivity contribution is 0.111. The number of hydrogen-bond donors (Lipinski definition) is 0. The molecule has 0 saturated carbocycles. The van der Waals surface area contributed by atoms with E-state index in [-0.39, 0.29) is 11.5 Å². The minimum absolute atomic E-state index is 0.269. The third-order valence-electron chi connectivity index (χ3n) is 6.04. The zero-order chi connectivity index (χ0) is 32.2. The largest absolute Gasteiger partial charge is 0.519 e. The molecule has 224 valence electrons. The fourth-order valence-corrected chi connectivity index (χ4v) is 4.06. The van der Waals surface area contributed by atoms with Gasteiger partial charge in [0.05, 0.1) is 0 Å². The van der Waals surface area contributed by atoms with Gasteiger partial charge in [-0.05, 0) is 123 Å². The quantitative estimate of drug-likeness (QED) is 0.118. The van der Waals surface area contributed by atoms with E-state index < -0.39 is 12.3 Å². The van der Waals surface area contributed by atoms with Gasteiger partial charge in [0.1, 0.15) is 48.1 Å². The molecule has 0 bridgehead atoms. The Kier molecular flexibility index (Phi) is 11.4. The lowest BCUT2D eigenvalue weighted by Gasteiger charge is -2.14. The van der Waals surface area contributed by atoms with Crippen LogP contribution in [0, 0.1) is 27.7 Å². The minimum Gasteiger partial charge on any atom is -0.395 e. The molecule has 0 aliphatic heterocycles. The summed E-state index contributed by atoms with van der Waals surface area (Å²) in [5.41, 5.74) is 4.66. The lowest BCUT2D eigenvalue weighted by Crippen LogP contribution is -2.16. The number of carbonyl (C=O) groups excluding carboxylic acids is 6. The van der Waals surface area contributed by atoms with Gasteiger partial charge in [-0.15, -0.1) is 0 Å². The first-order valence-corrected chi connectivity index (χ1v) is 13.1. The van der Waals surface area contributed by atoms with E-state index in [0.29, 0.717) is 68.6 Å². The summed E-state index contributed by atoms with van der Waals surface area (Å²) in [7, 11) is 0. The van der Waals surface area contributed by atoms with Gasteiger partial charge in [0.2, 0.25) is 0 Å². The van der Waals surface area contributed by atoms with Crippen LogP contribution < -0.4 is 18.9 Å². The van der Waals surface area contributed by atoms with Crippen molar-refractivity contribution in [1.82, 2.24) is 0 Å². The molecule has 0 aromatic heterocycles. The minimum atomic E-state index is -0.900. The number of hydrogen-bond acceptors (Lipinski definition) is 10. The predicted octanol–water partition coefficient (Wildman–Crippen LogP) is 7.01. The maximum absolute atomic E-state index is 12.1. The SMILES string of the molecule is Cc1cc(C=O)cc(C)c1OC(=O)Oc1c(C)cc(C=O)cc1C.O=Cc1ccc(OC(=O)Oc2ccc(C=O)cc2)cc1. The Morgan fingerprint density at radius 2 is 0.705 bits per heavy atom. The van der Waals surface area contributed by atoms with E-state index >= 15 is 0 Å². The van der Waals surface area contributed by atoms with Crippen LogP contribution in [0.25, 0.3) is 0 Å². The fraction of sp³-hybridized carbons (Fsp3) is 0.118. The molecule has 4 rings (SSSR count). The summed E-state index contributed by atoms with van der Waals surface area (Å²) in [5.74, 6) is 1.27. The van der Waals surface area contributed by atoms with Crippen LogP contribution in [0.1, 0.15) is 63.7 Å². The highest BCUT2D eigenvalue weighted by atomic mass is 16.7. The van der Waals surface area contributed by atoms with Gasteiger partial charge < -0.3 is 18.9 Å². The number of benzene rings is 4. The zero-order valence-electron chi connectivity index (χ0n) is 24.3. The molecule has 0 radical (unpaired) electrons. The number of ether oxygens (including phenoxy) is 4. The van der Waals surface area contributed by atoms with Crippen molar-refractivity contribution in [2.45, 2.75) is 27.7 Å². The Bertz CT molecular complexity index is 1520. The van der Waals surface area contributed by atoms with Crippen molar-refractivity contribution in [3.63, 3.8) is 0 Å². The molecular formula is C34H28O10. The van der Waals surface area contributed by atoms with E-state index in [1.54, 1.807) is 52.0 Å². The summed E-state index contributed by atoms with van der Waals surface area (Å²) >= 11 is 0. The number of aldehydes is 4. The van der Waals surface area contributed by atoms with Gasteiger partial charge in [0.25, 0.3) is 0 Å². The van der Waals surface area contributed by atoms with Crippen LogP contribution in [0.2, 0.25) is 0 Å². The summed E-state index contributed by atoms with van der Waals surface area (Å²) in [6, 6.07) is 18.6. The molecule has 44 heavy (non-hydrogen) atoms. The molecule has 0 aliphatic rings. The van der Waals surface area contributed by atoms with E-state index in [1.807, 2.05) is 0 Å². The van der Waals surface area contributed by atoms with Crippen LogP contribution in [0.5, 0.6) is 23.0 Å². The van der Waals surface area contributed by atoms with Crippen LogP contribution in [0.3, 0.4) is 0 Å². The lowest BCUT2D eigenvalue weighted by atomic mass is 10.1. The summed E-state index contributed by atoms with van der Waals surface area (Å²) < 4.78 is 20.5. The highest BCUT2D eigenvalue weighted by molar-refractivity contribution is 5.79. The maximum Gasteiger partial charge on any atom is 0.519 e. The van der Waals surface area contributed by atoms with Crippen LogP contribution in [-0.4, -0.2) is 37.5 Å². The molecule has 10 heteroatoms. The molecule has 10 nitrogen and oxygen atoms in total. The van der Waals surface area contributed by atoms with E-state index in [0.717, 1.165) is 12.6 Å². The van der Waals surface area contributed by atoms with Crippen molar-refractivity contribution in [2.24, 2.45) is 0 Å². The molecule has 0 heterocycles. The Balaban J connectivity index is 0.000000244. The van der Waals surface area contributed by atoms with Crippen molar-refractivity contribution in [3.05, 3.63) is 117 Å². The second-order valence-electron chi connectivity index (χ2n) is 9.49. The van der Waals surface area contributed by atoms with E-state index in [4.69, 9.17) is 18.9 Å². The number of rotatable bonds is 8. The Labute approximate surface area is 253 Å². The van der Waals surface area contributed by atoms with Crippen molar-refractivity contribution in [1.29, 1.82) is 0 Å². The first kappa shape index (κ1) is 32.6. The third-order valence-corrected chi connectivity index (χ3v) is 6.04. The van der Waals surface area contributed by atoms with Crippen molar-refractivity contribution < 1.29 is 47.7 Å². The summed E-state index contributed by atoms with van der Waals surface area (Å²) in [6.07, 6.45) is 1.09. The molecule has 0 unspecified atom stereocenters. The molecule has 0 amide bonds. The van der Waals surface area contributed by atoms with E-state index in [9.17, 15) is 28.8 Å².